The lowest BCUT2D eigenvalue weighted by molar-refractivity contribution is -0.143. The number of nitrogens with zero attached hydrogens (tertiary/aromatic N) is 1. The Morgan fingerprint density at radius 2 is 2.22 bits per heavy atom. The molecule has 0 radical (unpaired) electrons. The molecule has 1 rings (SSSR count). The van der Waals surface area contributed by atoms with Gasteiger partial charge in [0.15, 0.2) is 0 Å². The minimum absolute atomic E-state index is 0.0312. The van der Waals surface area contributed by atoms with Gasteiger partial charge in [0.05, 0.1) is 18.0 Å². The van der Waals surface area contributed by atoms with E-state index in [1.54, 1.807) is 18.9 Å². The fourth-order valence-corrected chi connectivity index (χ4v) is 2.64. The first kappa shape index (κ1) is 14.5. The highest BCUT2D eigenvalue weighted by Crippen LogP contribution is 2.31. The molecule has 6 nitrogen and oxygen atoms in total. The largest absolute Gasteiger partial charge is 0.481 e. The van der Waals surface area contributed by atoms with Gasteiger partial charge in [-0.1, -0.05) is 6.42 Å². The molecule has 1 aliphatic heterocycles. The van der Waals surface area contributed by atoms with Crippen LogP contribution in [0.1, 0.15) is 20.3 Å². The number of terminal acetylenes is 1. The van der Waals surface area contributed by atoms with Crippen LogP contribution in [0, 0.1) is 18.4 Å². The van der Waals surface area contributed by atoms with Crippen LogP contribution >= 0.6 is 0 Å². The van der Waals surface area contributed by atoms with Gasteiger partial charge in [0.25, 0.3) is 0 Å². The van der Waals surface area contributed by atoms with E-state index in [4.69, 9.17) is 6.42 Å². The average molecular weight is 254 g/mol. The Bertz CT molecular complexity index is 377. The van der Waals surface area contributed by atoms with Crippen molar-refractivity contribution < 1.29 is 19.5 Å². The van der Waals surface area contributed by atoms with Crippen molar-refractivity contribution in [1.82, 2.24) is 10.4 Å². The summed E-state index contributed by atoms with van der Waals surface area (Å²) < 4.78 is 0. The quantitative estimate of drug-likeness (QED) is 0.525. The Kier molecular flexibility index (Phi) is 4.70. The number of ketones is 1. The normalized spacial score (nSPS) is 29.6. The zero-order chi connectivity index (χ0) is 13.9. The summed E-state index contributed by atoms with van der Waals surface area (Å²) >= 11 is 0. The molecule has 0 aromatic carbocycles. The molecule has 1 heterocycles. The first-order valence-electron chi connectivity index (χ1n) is 5.72. The van der Waals surface area contributed by atoms with E-state index in [9.17, 15) is 14.7 Å². The highest BCUT2D eigenvalue weighted by atomic mass is 16.6. The number of hydroxylamine groups is 1. The van der Waals surface area contributed by atoms with E-state index in [0.29, 0.717) is 6.42 Å². The molecule has 0 aliphatic carbocycles. The van der Waals surface area contributed by atoms with Crippen molar-refractivity contribution in [2.45, 2.75) is 38.4 Å². The summed E-state index contributed by atoms with van der Waals surface area (Å²) in [5, 5.41) is 9.23. The van der Waals surface area contributed by atoms with Crippen molar-refractivity contribution in [2.24, 2.45) is 5.92 Å². The molecule has 0 spiro atoms. The predicted molar refractivity (Wildman–Crippen MR) is 64.3 cm³/mol. The predicted octanol–water partition coefficient (Wildman–Crippen LogP) is -0.151. The number of carbonyl (C=O) groups excluding carboxylic acids is 1. The lowest BCUT2D eigenvalue weighted by atomic mass is 9.94. The third kappa shape index (κ3) is 2.81. The van der Waals surface area contributed by atoms with Crippen LogP contribution in [-0.2, 0) is 14.4 Å². The maximum atomic E-state index is 11.5. The number of aliphatic carboxylic acids is 1. The van der Waals surface area contributed by atoms with E-state index in [-0.39, 0.29) is 23.9 Å². The van der Waals surface area contributed by atoms with Crippen molar-refractivity contribution >= 4 is 11.8 Å². The Balaban J connectivity index is 2.87. The summed E-state index contributed by atoms with van der Waals surface area (Å²) in [6.45, 7) is 3.25. The minimum Gasteiger partial charge on any atom is -0.481 e. The molecular formula is C12H18N2O4. The molecule has 2 N–H and O–H groups in total. The minimum atomic E-state index is -0.912. The number of carbonyl (C=O) groups is 2. The van der Waals surface area contributed by atoms with Crippen molar-refractivity contribution in [3.05, 3.63) is 0 Å². The van der Waals surface area contributed by atoms with E-state index in [0.717, 1.165) is 0 Å². The van der Waals surface area contributed by atoms with Crippen LogP contribution in [0.5, 0.6) is 0 Å². The zero-order valence-electron chi connectivity index (χ0n) is 10.7. The van der Waals surface area contributed by atoms with Gasteiger partial charge in [-0.05, 0) is 27.3 Å². The molecule has 0 saturated carbocycles. The van der Waals surface area contributed by atoms with Gasteiger partial charge in [-0.3, -0.25) is 14.5 Å². The van der Waals surface area contributed by atoms with E-state index in [1.807, 2.05) is 6.11 Å². The number of hydrogen-bond donors (Lipinski definition) is 2. The number of carboxylic acid groups (broad SMARTS) is 1. The fraction of sp³-hybridized carbons (Fsp3) is 0.667. The van der Waals surface area contributed by atoms with Crippen molar-refractivity contribution in [3.63, 3.8) is 0 Å². The Morgan fingerprint density at radius 3 is 2.67 bits per heavy atom. The van der Waals surface area contributed by atoms with Gasteiger partial charge in [-0.25, -0.2) is 0 Å². The molecule has 6 heteroatoms. The second kappa shape index (κ2) is 5.85. The van der Waals surface area contributed by atoms with Crippen molar-refractivity contribution in [3.8, 4) is 12.5 Å². The number of likely N-dealkylation sites (N-methyl/N-ethyl adjacent to an activating group) is 1. The number of nitrogens with one attached hydrogen (secondary N) is 1. The van der Waals surface area contributed by atoms with E-state index < -0.39 is 11.9 Å². The molecule has 1 aliphatic rings. The van der Waals surface area contributed by atoms with Crippen LogP contribution in [0.25, 0.3) is 0 Å². The lowest BCUT2D eigenvalue weighted by Gasteiger charge is -2.30. The number of carboxylic acids is 1. The smallest absolute Gasteiger partial charge is 0.308 e. The van der Waals surface area contributed by atoms with Crippen molar-refractivity contribution in [1.29, 1.82) is 0 Å². The van der Waals surface area contributed by atoms with Crippen LogP contribution < -0.4 is 5.48 Å². The van der Waals surface area contributed by atoms with Gasteiger partial charge in [-0.15, -0.1) is 5.48 Å². The maximum Gasteiger partial charge on any atom is 0.308 e. The SMILES string of the molecule is C#CONC(C)[C@H]1[C@H](C(=O)O)C[C@H](C(C)=O)N1C. The topological polar surface area (TPSA) is 78.9 Å². The van der Waals surface area contributed by atoms with Crippen LogP contribution in [0.15, 0.2) is 0 Å². The highest BCUT2D eigenvalue weighted by molar-refractivity contribution is 5.83. The van der Waals surface area contributed by atoms with Gasteiger partial charge in [0.2, 0.25) is 0 Å². The van der Waals surface area contributed by atoms with E-state index in [1.165, 1.54) is 6.92 Å². The second-order valence-corrected chi connectivity index (χ2v) is 4.59. The second-order valence-electron chi connectivity index (χ2n) is 4.59. The van der Waals surface area contributed by atoms with Gasteiger partial charge in [0.1, 0.15) is 11.9 Å². The van der Waals surface area contributed by atoms with Crippen molar-refractivity contribution in [2.75, 3.05) is 7.05 Å². The van der Waals surface area contributed by atoms with Crippen LogP contribution in [0.4, 0.5) is 0 Å². The molecule has 18 heavy (non-hydrogen) atoms. The lowest BCUT2D eigenvalue weighted by Crippen LogP contribution is -2.50. The molecule has 0 aromatic rings. The molecule has 1 fully saturated rings. The first-order valence-corrected chi connectivity index (χ1v) is 5.72. The number of Topliss-reactive ketones (excluding diaryl/α,β-unsaturated/α-hetero) is 1. The van der Waals surface area contributed by atoms with Crippen LogP contribution in [-0.4, -0.2) is 46.9 Å². The van der Waals surface area contributed by atoms with Crippen LogP contribution in [0.2, 0.25) is 0 Å². The maximum absolute atomic E-state index is 11.5. The molecule has 100 valence electrons. The molecule has 4 atom stereocenters. The summed E-state index contributed by atoms with van der Waals surface area (Å²) in [5.41, 5.74) is 2.60. The van der Waals surface area contributed by atoms with Gasteiger partial charge in [0, 0.05) is 6.04 Å². The standard InChI is InChI=1S/C12H18N2O4/c1-5-18-13-7(2)11-9(12(16)17)6-10(8(3)15)14(11)4/h1,7,9-11,13H,6H2,2-4H3,(H,16,17)/t7?,9-,10-,11+/m1/s1. The number of rotatable bonds is 5. The summed E-state index contributed by atoms with van der Waals surface area (Å²) in [6.07, 6.45) is 7.25. The summed E-state index contributed by atoms with van der Waals surface area (Å²) in [7, 11) is 1.74. The summed E-state index contributed by atoms with van der Waals surface area (Å²) in [4.78, 5) is 29.2. The van der Waals surface area contributed by atoms with Gasteiger partial charge >= 0.3 is 5.97 Å². The molecule has 0 bridgehead atoms. The monoisotopic (exact) mass is 254 g/mol. The molecule has 0 amide bonds. The third-order valence-electron chi connectivity index (χ3n) is 3.45. The third-order valence-corrected chi connectivity index (χ3v) is 3.45. The fourth-order valence-electron chi connectivity index (χ4n) is 2.64. The molecule has 0 aromatic heterocycles. The van der Waals surface area contributed by atoms with Gasteiger partial charge in [-0.2, -0.15) is 0 Å². The molecule has 1 unspecified atom stereocenters. The summed E-state index contributed by atoms with van der Waals surface area (Å²) in [5.74, 6) is -1.56. The Labute approximate surface area is 106 Å². The molecular weight excluding hydrogens is 236 g/mol. The number of hydrogen-bond acceptors (Lipinski definition) is 5. The molecule has 1 saturated heterocycles. The first-order chi connectivity index (χ1) is 8.40. The summed E-state index contributed by atoms with van der Waals surface area (Å²) in [6, 6.07) is -1.01. The van der Waals surface area contributed by atoms with E-state index in [2.05, 4.69) is 10.3 Å². The van der Waals surface area contributed by atoms with Gasteiger partial charge < -0.3 is 9.94 Å². The number of likely N-dealkylation sites (tertiary alicyclic amines) is 1. The average Bonchev–Trinajstić information content (AvgIpc) is 2.64. The Morgan fingerprint density at radius 1 is 1.61 bits per heavy atom. The van der Waals surface area contributed by atoms with E-state index >= 15 is 0 Å². The van der Waals surface area contributed by atoms with Crippen LogP contribution in [0.3, 0.4) is 0 Å². The Hall–Kier alpha value is -1.58. The highest BCUT2D eigenvalue weighted by Gasteiger charge is 2.47. The zero-order valence-corrected chi connectivity index (χ0v) is 10.7.